The van der Waals surface area contributed by atoms with Crippen molar-refractivity contribution in [1.29, 1.82) is 0 Å². The van der Waals surface area contributed by atoms with E-state index in [4.69, 9.17) is 5.73 Å². The number of carbonyl (C=O) groups excluding carboxylic acids is 1. The molecule has 0 radical (unpaired) electrons. The van der Waals surface area contributed by atoms with Gasteiger partial charge in [0.05, 0.1) is 0 Å². The monoisotopic (exact) mass is 316 g/mol. The number of carbonyl (C=O) groups is 1. The van der Waals surface area contributed by atoms with E-state index in [0.29, 0.717) is 12.5 Å². The minimum Gasteiger partial charge on any atom is -0.370 e. The summed E-state index contributed by atoms with van der Waals surface area (Å²) in [5, 5.41) is 3.07. The summed E-state index contributed by atoms with van der Waals surface area (Å²) in [6.45, 7) is 4.56. The van der Waals surface area contributed by atoms with Gasteiger partial charge in [-0.2, -0.15) is 0 Å². The molecule has 0 spiro atoms. The SMILES string of the molecule is CCCCCCNC(N)=NCC(=O)N1CCc2ccccc2C1. The van der Waals surface area contributed by atoms with E-state index in [9.17, 15) is 4.79 Å². The number of nitrogens with two attached hydrogens (primary N) is 1. The summed E-state index contributed by atoms with van der Waals surface area (Å²) in [6, 6.07) is 8.29. The predicted molar refractivity (Wildman–Crippen MR) is 94.2 cm³/mol. The van der Waals surface area contributed by atoms with Crippen molar-refractivity contribution >= 4 is 11.9 Å². The molecule has 23 heavy (non-hydrogen) atoms. The van der Waals surface area contributed by atoms with Crippen molar-refractivity contribution in [3.63, 3.8) is 0 Å². The maximum absolute atomic E-state index is 12.3. The van der Waals surface area contributed by atoms with Crippen LogP contribution in [0.5, 0.6) is 0 Å². The van der Waals surface area contributed by atoms with Crippen molar-refractivity contribution in [2.24, 2.45) is 10.7 Å². The lowest BCUT2D eigenvalue weighted by Gasteiger charge is -2.28. The lowest BCUT2D eigenvalue weighted by molar-refractivity contribution is -0.130. The van der Waals surface area contributed by atoms with Crippen LogP contribution >= 0.6 is 0 Å². The Morgan fingerprint density at radius 3 is 2.83 bits per heavy atom. The number of guanidine groups is 1. The van der Waals surface area contributed by atoms with Crippen molar-refractivity contribution in [3.8, 4) is 0 Å². The highest BCUT2D eigenvalue weighted by Gasteiger charge is 2.19. The molecule has 2 rings (SSSR count). The van der Waals surface area contributed by atoms with Crippen LogP contribution in [-0.4, -0.2) is 36.4 Å². The van der Waals surface area contributed by atoms with Gasteiger partial charge in [0.1, 0.15) is 6.54 Å². The van der Waals surface area contributed by atoms with Crippen molar-refractivity contribution in [3.05, 3.63) is 35.4 Å². The molecule has 1 aliphatic rings. The second-order valence-electron chi connectivity index (χ2n) is 6.02. The average Bonchev–Trinajstić information content (AvgIpc) is 2.59. The van der Waals surface area contributed by atoms with Crippen LogP contribution in [0.1, 0.15) is 43.7 Å². The molecule has 1 amide bonds. The summed E-state index contributed by atoms with van der Waals surface area (Å²) in [6.07, 6.45) is 5.66. The molecule has 1 aromatic rings. The Bertz CT molecular complexity index is 542. The zero-order valence-electron chi connectivity index (χ0n) is 14.1. The molecule has 0 unspecified atom stereocenters. The first kappa shape index (κ1) is 17.3. The molecule has 1 aromatic carbocycles. The summed E-state index contributed by atoms with van der Waals surface area (Å²) in [7, 11) is 0. The number of hydrogen-bond donors (Lipinski definition) is 2. The molecule has 1 aliphatic heterocycles. The molecule has 0 saturated heterocycles. The molecule has 126 valence electrons. The first-order valence-electron chi connectivity index (χ1n) is 8.59. The van der Waals surface area contributed by atoms with Crippen LogP contribution in [0.2, 0.25) is 0 Å². The van der Waals surface area contributed by atoms with Gasteiger partial charge >= 0.3 is 0 Å². The number of benzene rings is 1. The number of aliphatic imine (C=N–C) groups is 1. The lowest BCUT2D eigenvalue weighted by atomic mass is 10.00. The Morgan fingerprint density at radius 1 is 1.26 bits per heavy atom. The van der Waals surface area contributed by atoms with Crippen LogP contribution in [0, 0.1) is 0 Å². The third-order valence-electron chi connectivity index (χ3n) is 4.20. The number of hydrogen-bond acceptors (Lipinski definition) is 2. The summed E-state index contributed by atoms with van der Waals surface area (Å²) in [5.41, 5.74) is 8.39. The molecule has 5 heteroatoms. The van der Waals surface area contributed by atoms with E-state index in [1.54, 1.807) is 0 Å². The highest BCUT2D eigenvalue weighted by atomic mass is 16.2. The molecule has 0 fully saturated rings. The third-order valence-corrected chi connectivity index (χ3v) is 4.20. The Hall–Kier alpha value is -2.04. The molecule has 5 nitrogen and oxygen atoms in total. The van der Waals surface area contributed by atoms with Crippen LogP contribution in [-0.2, 0) is 17.8 Å². The molecular weight excluding hydrogens is 288 g/mol. The third kappa shape index (κ3) is 5.58. The standard InChI is InChI=1S/C18H28N4O/c1-2-3-4-7-11-20-18(19)21-13-17(23)22-12-10-15-8-5-6-9-16(15)14-22/h5-6,8-9H,2-4,7,10-14H2,1H3,(H3,19,20,21). The normalized spacial score (nSPS) is 14.5. The average molecular weight is 316 g/mol. The van der Waals surface area contributed by atoms with Gasteiger partial charge in [-0.05, 0) is 24.0 Å². The molecule has 0 atom stereocenters. The van der Waals surface area contributed by atoms with E-state index in [-0.39, 0.29) is 12.5 Å². The fraction of sp³-hybridized carbons (Fsp3) is 0.556. The first-order chi connectivity index (χ1) is 11.2. The van der Waals surface area contributed by atoms with Crippen molar-refractivity contribution in [2.45, 2.75) is 45.6 Å². The largest absolute Gasteiger partial charge is 0.370 e. The van der Waals surface area contributed by atoms with Crippen LogP contribution in [0.3, 0.4) is 0 Å². The fourth-order valence-corrected chi connectivity index (χ4v) is 2.79. The van der Waals surface area contributed by atoms with E-state index >= 15 is 0 Å². The number of amides is 1. The van der Waals surface area contributed by atoms with E-state index in [1.807, 2.05) is 17.0 Å². The van der Waals surface area contributed by atoms with Crippen LogP contribution in [0.15, 0.2) is 29.3 Å². The summed E-state index contributed by atoms with van der Waals surface area (Å²) < 4.78 is 0. The maximum atomic E-state index is 12.3. The summed E-state index contributed by atoms with van der Waals surface area (Å²) in [4.78, 5) is 18.3. The zero-order chi connectivity index (χ0) is 16.5. The van der Waals surface area contributed by atoms with Gasteiger partial charge in [-0.1, -0.05) is 50.5 Å². The molecule has 0 saturated carbocycles. The van der Waals surface area contributed by atoms with Crippen molar-refractivity contribution in [2.75, 3.05) is 19.6 Å². The van der Waals surface area contributed by atoms with Gasteiger partial charge in [-0.3, -0.25) is 4.79 Å². The Kier molecular flexibility index (Phi) is 6.91. The minimum atomic E-state index is 0.0373. The molecule has 0 aliphatic carbocycles. The molecule has 0 aromatic heterocycles. The molecule has 3 N–H and O–H groups in total. The second-order valence-corrected chi connectivity index (χ2v) is 6.02. The van der Waals surface area contributed by atoms with Gasteiger partial charge in [0.15, 0.2) is 5.96 Å². The van der Waals surface area contributed by atoms with Gasteiger partial charge in [0.25, 0.3) is 0 Å². The predicted octanol–water partition coefficient (Wildman–Crippen LogP) is 2.06. The lowest BCUT2D eigenvalue weighted by Crippen LogP contribution is -2.39. The number of rotatable bonds is 7. The Morgan fingerprint density at radius 2 is 2.04 bits per heavy atom. The molecule has 1 heterocycles. The van der Waals surface area contributed by atoms with Crippen LogP contribution < -0.4 is 11.1 Å². The Balaban J connectivity index is 1.73. The van der Waals surface area contributed by atoms with Crippen molar-refractivity contribution < 1.29 is 4.79 Å². The van der Waals surface area contributed by atoms with Crippen molar-refractivity contribution in [1.82, 2.24) is 10.2 Å². The maximum Gasteiger partial charge on any atom is 0.244 e. The first-order valence-corrected chi connectivity index (χ1v) is 8.59. The van der Waals surface area contributed by atoms with Gasteiger partial charge in [0, 0.05) is 19.6 Å². The fourth-order valence-electron chi connectivity index (χ4n) is 2.79. The minimum absolute atomic E-state index is 0.0373. The second kappa shape index (κ2) is 9.18. The number of nitrogens with zero attached hydrogens (tertiary/aromatic N) is 2. The number of fused-ring (bicyclic) bond motifs is 1. The number of nitrogens with one attached hydrogen (secondary N) is 1. The Labute approximate surface area is 139 Å². The van der Waals surface area contributed by atoms with Gasteiger partial charge in [0.2, 0.25) is 5.91 Å². The number of unbranched alkanes of at least 4 members (excludes halogenated alkanes) is 3. The zero-order valence-corrected chi connectivity index (χ0v) is 14.1. The van der Waals surface area contributed by atoms with Gasteiger partial charge < -0.3 is 16.0 Å². The summed E-state index contributed by atoms with van der Waals surface area (Å²) >= 11 is 0. The smallest absolute Gasteiger partial charge is 0.244 e. The van der Waals surface area contributed by atoms with E-state index in [0.717, 1.165) is 25.9 Å². The molecular formula is C18H28N4O. The topological polar surface area (TPSA) is 70.7 Å². The quantitative estimate of drug-likeness (QED) is 0.459. The van der Waals surface area contributed by atoms with Crippen LogP contribution in [0.4, 0.5) is 0 Å². The molecule has 0 bridgehead atoms. The highest BCUT2D eigenvalue weighted by molar-refractivity contribution is 5.84. The van der Waals surface area contributed by atoms with Crippen LogP contribution in [0.25, 0.3) is 0 Å². The van der Waals surface area contributed by atoms with Gasteiger partial charge in [-0.15, -0.1) is 0 Å². The van der Waals surface area contributed by atoms with E-state index in [1.165, 1.54) is 30.4 Å². The summed E-state index contributed by atoms with van der Waals surface area (Å²) in [5.74, 6) is 0.405. The highest BCUT2D eigenvalue weighted by Crippen LogP contribution is 2.18. The van der Waals surface area contributed by atoms with E-state index < -0.39 is 0 Å². The van der Waals surface area contributed by atoms with E-state index in [2.05, 4.69) is 29.4 Å². The van der Waals surface area contributed by atoms with Gasteiger partial charge in [-0.25, -0.2) is 4.99 Å².